The molecule has 0 saturated heterocycles. The number of hydrogen-bond donors (Lipinski definition) is 1. The third-order valence-corrected chi connectivity index (χ3v) is 5.35. The van der Waals surface area contributed by atoms with Crippen LogP contribution in [0.5, 0.6) is 0 Å². The number of aromatic nitrogens is 2. The van der Waals surface area contributed by atoms with Gasteiger partial charge < -0.3 is 10.2 Å². The third-order valence-electron chi connectivity index (χ3n) is 4.28. The Balaban J connectivity index is 1.85. The number of pyridine rings is 1. The molecule has 1 N–H and O–H groups in total. The van der Waals surface area contributed by atoms with Crippen LogP contribution in [0.15, 0.2) is 18.3 Å². The van der Waals surface area contributed by atoms with Gasteiger partial charge in [-0.25, -0.2) is 9.97 Å². The number of nitrogens with zero attached hydrogens (tertiary/aromatic N) is 3. The van der Waals surface area contributed by atoms with Gasteiger partial charge in [-0.15, -0.1) is 0 Å². The molecule has 2 aromatic heterocycles. The largest absolute Gasteiger partial charge is 0.363 e. The van der Waals surface area contributed by atoms with Crippen LogP contribution in [-0.2, 0) is 6.42 Å². The van der Waals surface area contributed by atoms with Crippen molar-refractivity contribution >= 4 is 33.9 Å². The van der Waals surface area contributed by atoms with E-state index in [9.17, 15) is 9.59 Å². The summed E-state index contributed by atoms with van der Waals surface area (Å²) in [5, 5.41) is 3.91. The van der Waals surface area contributed by atoms with Crippen LogP contribution in [0.2, 0.25) is 0 Å². The number of fused-ring (bicyclic) bond motifs is 1. The highest BCUT2D eigenvalue weighted by molar-refractivity contribution is 7.17. The second kappa shape index (κ2) is 7.31. The summed E-state index contributed by atoms with van der Waals surface area (Å²) < 4.78 is 0. The van der Waals surface area contributed by atoms with Crippen molar-refractivity contribution < 1.29 is 9.59 Å². The van der Waals surface area contributed by atoms with Gasteiger partial charge in [0.15, 0.2) is 16.7 Å². The van der Waals surface area contributed by atoms with Crippen LogP contribution < -0.4 is 10.2 Å². The maximum Gasteiger partial charge on any atom is 0.185 e. The number of anilines is 2. The predicted molar refractivity (Wildman–Crippen MR) is 99.9 cm³/mol. The Labute approximate surface area is 151 Å². The van der Waals surface area contributed by atoms with Crippen molar-refractivity contribution in [3.8, 4) is 0 Å². The minimum atomic E-state index is -0.636. The van der Waals surface area contributed by atoms with Crippen molar-refractivity contribution in [2.24, 2.45) is 5.92 Å². The molecule has 2 aromatic rings. The molecule has 1 unspecified atom stereocenters. The van der Waals surface area contributed by atoms with Crippen molar-refractivity contribution in [3.63, 3.8) is 0 Å². The average molecular weight is 358 g/mol. The fraction of sp³-hybridized carbons (Fsp3) is 0.444. The maximum absolute atomic E-state index is 12.9. The topological polar surface area (TPSA) is 75.2 Å². The summed E-state index contributed by atoms with van der Waals surface area (Å²) in [6, 6.07) is 3.55. The zero-order valence-corrected chi connectivity index (χ0v) is 15.5. The van der Waals surface area contributed by atoms with E-state index in [1.807, 2.05) is 25.9 Å². The summed E-state index contributed by atoms with van der Waals surface area (Å²) in [6.07, 6.45) is 3.65. The van der Waals surface area contributed by atoms with Crippen LogP contribution in [0.1, 0.15) is 45.5 Å². The zero-order valence-electron chi connectivity index (χ0n) is 14.7. The van der Waals surface area contributed by atoms with Gasteiger partial charge in [-0.3, -0.25) is 9.59 Å². The Morgan fingerprint density at radius 2 is 2.20 bits per heavy atom. The van der Waals surface area contributed by atoms with Gasteiger partial charge in [-0.05, 0) is 38.3 Å². The molecular weight excluding hydrogens is 336 g/mol. The molecule has 25 heavy (non-hydrogen) atoms. The summed E-state index contributed by atoms with van der Waals surface area (Å²) in [7, 11) is 3.79. The normalized spacial score (nSPS) is 16.9. The molecule has 0 spiro atoms. The number of thiazole rings is 1. The summed E-state index contributed by atoms with van der Waals surface area (Å²) in [4.78, 5) is 37.1. The Kier molecular flexibility index (Phi) is 5.13. The van der Waals surface area contributed by atoms with E-state index in [4.69, 9.17) is 0 Å². The van der Waals surface area contributed by atoms with E-state index in [1.165, 1.54) is 11.3 Å². The Hall–Kier alpha value is -2.28. The number of hydrogen-bond acceptors (Lipinski definition) is 7. The van der Waals surface area contributed by atoms with Crippen molar-refractivity contribution in [2.45, 2.75) is 26.2 Å². The summed E-state index contributed by atoms with van der Waals surface area (Å²) in [5.41, 5.74) is 1.31. The van der Waals surface area contributed by atoms with Crippen molar-refractivity contribution in [1.82, 2.24) is 9.97 Å². The predicted octanol–water partition coefficient (Wildman–Crippen LogP) is 3.05. The summed E-state index contributed by atoms with van der Waals surface area (Å²) >= 11 is 1.36. The highest BCUT2D eigenvalue weighted by Gasteiger charge is 2.34. The van der Waals surface area contributed by atoms with Gasteiger partial charge in [0.05, 0.1) is 16.5 Å². The minimum Gasteiger partial charge on any atom is -0.363 e. The highest BCUT2D eigenvalue weighted by Crippen LogP contribution is 2.32. The number of carbonyl (C=O) groups excluding carboxylic acids is 2. The molecule has 2 heterocycles. The van der Waals surface area contributed by atoms with E-state index in [0.717, 1.165) is 36.0 Å². The lowest BCUT2D eigenvalue weighted by Crippen LogP contribution is -2.23. The second-order valence-corrected chi connectivity index (χ2v) is 7.30. The van der Waals surface area contributed by atoms with E-state index in [2.05, 4.69) is 15.3 Å². The first-order chi connectivity index (χ1) is 12.0. The Bertz CT molecular complexity index is 783. The lowest BCUT2D eigenvalue weighted by atomic mass is 9.91. The lowest BCUT2D eigenvalue weighted by Gasteiger charge is -2.14. The van der Waals surface area contributed by atoms with E-state index >= 15 is 0 Å². The van der Waals surface area contributed by atoms with Crippen LogP contribution in [0.4, 0.5) is 10.9 Å². The number of aryl methyl sites for hydroxylation is 1. The molecule has 1 aliphatic carbocycles. The molecule has 1 atom stereocenters. The quantitative estimate of drug-likeness (QED) is 0.503. The van der Waals surface area contributed by atoms with E-state index < -0.39 is 5.92 Å². The Morgan fingerprint density at radius 3 is 2.84 bits per heavy atom. The van der Waals surface area contributed by atoms with E-state index in [0.29, 0.717) is 16.9 Å². The smallest absolute Gasteiger partial charge is 0.185 e. The minimum absolute atomic E-state index is 0.101. The number of nitrogens with one attached hydrogen (secondary N) is 1. The van der Waals surface area contributed by atoms with Crippen LogP contribution in [0, 0.1) is 5.92 Å². The molecule has 7 heteroatoms. The molecule has 0 aliphatic heterocycles. The second-order valence-electron chi connectivity index (χ2n) is 6.30. The zero-order chi connectivity index (χ0) is 18.0. The van der Waals surface area contributed by atoms with Crippen molar-refractivity contribution in [2.75, 3.05) is 30.9 Å². The first-order valence-corrected chi connectivity index (χ1v) is 9.28. The van der Waals surface area contributed by atoms with Crippen molar-refractivity contribution in [1.29, 1.82) is 0 Å². The van der Waals surface area contributed by atoms with E-state index in [-0.39, 0.29) is 11.6 Å². The molecule has 0 aromatic carbocycles. The van der Waals surface area contributed by atoms with Crippen LogP contribution >= 0.6 is 11.3 Å². The number of Topliss-reactive ketones (excluding diaryl/α,β-unsaturated/α-hetero) is 2. The van der Waals surface area contributed by atoms with E-state index in [1.54, 1.807) is 18.3 Å². The molecule has 6 nitrogen and oxygen atoms in total. The molecule has 0 saturated carbocycles. The number of ketones is 2. The number of carbonyl (C=O) groups is 2. The Morgan fingerprint density at radius 1 is 1.40 bits per heavy atom. The molecule has 0 fully saturated rings. The molecule has 3 rings (SSSR count). The lowest BCUT2D eigenvalue weighted by molar-refractivity contribution is 0.0803. The van der Waals surface area contributed by atoms with Gasteiger partial charge in [0.1, 0.15) is 5.82 Å². The van der Waals surface area contributed by atoms with Gasteiger partial charge >= 0.3 is 0 Å². The molecule has 1 aliphatic rings. The van der Waals surface area contributed by atoms with Gasteiger partial charge in [0.25, 0.3) is 0 Å². The van der Waals surface area contributed by atoms with Gasteiger partial charge in [-0.1, -0.05) is 11.3 Å². The SMILES string of the molecule is CCNc1nc2c(s1)C(=O)C(C(=O)c1ccc(N(C)C)nc1)CCC2. The van der Waals surface area contributed by atoms with Gasteiger partial charge in [0, 0.05) is 32.4 Å². The molecule has 0 radical (unpaired) electrons. The number of rotatable bonds is 5. The average Bonchev–Trinajstić information content (AvgIpc) is 2.94. The van der Waals surface area contributed by atoms with Gasteiger partial charge in [0.2, 0.25) is 0 Å². The maximum atomic E-state index is 12.9. The highest BCUT2D eigenvalue weighted by atomic mass is 32.1. The molecule has 132 valence electrons. The van der Waals surface area contributed by atoms with Crippen molar-refractivity contribution in [3.05, 3.63) is 34.5 Å². The first-order valence-electron chi connectivity index (χ1n) is 8.46. The molecule has 0 bridgehead atoms. The van der Waals surface area contributed by atoms with Gasteiger partial charge in [-0.2, -0.15) is 0 Å². The fourth-order valence-corrected chi connectivity index (χ4v) is 4.03. The molecular formula is C18H22N4O2S. The van der Waals surface area contributed by atoms with Crippen LogP contribution in [0.25, 0.3) is 0 Å². The van der Waals surface area contributed by atoms with Crippen LogP contribution in [-0.4, -0.2) is 42.2 Å². The summed E-state index contributed by atoms with van der Waals surface area (Å²) in [5.74, 6) is -0.100. The monoisotopic (exact) mass is 358 g/mol. The standard InChI is InChI=1S/C18H22N4O2S/c1-4-19-18-21-13-7-5-6-12(16(24)17(13)25-18)15(23)11-8-9-14(20-10-11)22(2)3/h8-10,12H,4-7H2,1-3H3,(H,19,21). The summed E-state index contributed by atoms with van der Waals surface area (Å²) in [6.45, 7) is 2.75. The fourth-order valence-electron chi connectivity index (χ4n) is 2.95. The molecule has 0 amide bonds. The van der Waals surface area contributed by atoms with Crippen LogP contribution in [0.3, 0.4) is 0 Å². The third kappa shape index (κ3) is 3.56. The first kappa shape index (κ1) is 17.5.